The van der Waals surface area contributed by atoms with Crippen LogP contribution in [0.3, 0.4) is 0 Å². The Kier molecular flexibility index (Phi) is 5.60. The Morgan fingerprint density at radius 2 is 1.92 bits per heavy atom. The average molecular weight is 423 g/mol. The summed E-state index contributed by atoms with van der Waals surface area (Å²) in [6.45, 7) is 1.40. The first-order valence-corrected chi connectivity index (χ1v) is 8.15. The van der Waals surface area contributed by atoms with Crippen molar-refractivity contribution in [1.82, 2.24) is 4.98 Å². The lowest BCUT2D eigenvalue weighted by molar-refractivity contribution is -0.141. The maximum absolute atomic E-state index is 13.0. The highest BCUT2D eigenvalue weighted by Crippen LogP contribution is 2.36. The van der Waals surface area contributed by atoms with Gasteiger partial charge in [-0.3, -0.25) is 10.1 Å². The van der Waals surface area contributed by atoms with E-state index in [9.17, 15) is 22.8 Å². The summed E-state index contributed by atoms with van der Waals surface area (Å²) < 4.78 is 44.3. The third-order valence-corrected chi connectivity index (χ3v) is 4.16. The second kappa shape index (κ2) is 7.31. The number of rotatable bonds is 4. The Morgan fingerprint density at radius 3 is 2.46 bits per heavy atom. The number of hydrogen-bond donors (Lipinski definition) is 1. The number of hydrogen-bond acceptors (Lipinski definition) is 5. The predicted molar refractivity (Wildman–Crippen MR) is 85.2 cm³/mol. The van der Waals surface area contributed by atoms with Gasteiger partial charge in [0.05, 0.1) is 6.61 Å². The van der Waals surface area contributed by atoms with Crippen LogP contribution in [0.1, 0.15) is 32.6 Å². The molecular formula is C14H10BrF3N2O3S. The van der Waals surface area contributed by atoms with Crippen molar-refractivity contribution in [2.75, 3.05) is 11.9 Å². The monoisotopic (exact) mass is 422 g/mol. The highest BCUT2D eigenvalue weighted by atomic mass is 79.9. The van der Waals surface area contributed by atoms with Crippen LogP contribution in [0.25, 0.3) is 0 Å². The van der Waals surface area contributed by atoms with Crippen molar-refractivity contribution in [3.05, 3.63) is 44.9 Å². The maximum Gasteiger partial charge on any atom is 0.435 e. The smallest absolute Gasteiger partial charge is 0.435 e. The summed E-state index contributed by atoms with van der Waals surface area (Å²) in [6.07, 6.45) is -4.83. The van der Waals surface area contributed by atoms with Crippen molar-refractivity contribution in [3.63, 3.8) is 0 Å². The molecule has 0 aliphatic carbocycles. The molecule has 0 aliphatic rings. The van der Waals surface area contributed by atoms with Crippen LogP contribution in [0.2, 0.25) is 0 Å². The van der Waals surface area contributed by atoms with Gasteiger partial charge in [0.1, 0.15) is 4.88 Å². The number of nitrogens with zero attached hydrogens (tertiary/aromatic N) is 1. The van der Waals surface area contributed by atoms with Gasteiger partial charge in [0.15, 0.2) is 10.8 Å². The van der Waals surface area contributed by atoms with Gasteiger partial charge in [0.25, 0.3) is 5.91 Å². The first kappa shape index (κ1) is 18.4. The third kappa shape index (κ3) is 4.32. The minimum atomic E-state index is -4.83. The van der Waals surface area contributed by atoms with Crippen molar-refractivity contribution in [2.45, 2.75) is 13.1 Å². The van der Waals surface area contributed by atoms with E-state index in [-0.39, 0.29) is 17.3 Å². The number of benzene rings is 1. The van der Waals surface area contributed by atoms with Crippen LogP contribution < -0.4 is 5.32 Å². The number of thiazole rings is 1. The fraction of sp³-hybridized carbons (Fsp3) is 0.214. The lowest BCUT2D eigenvalue weighted by Gasteiger charge is -2.05. The topological polar surface area (TPSA) is 68.3 Å². The molecule has 0 aliphatic heterocycles. The van der Waals surface area contributed by atoms with Gasteiger partial charge in [-0.15, -0.1) is 0 Å². The van der Waals surface area contributed by atoms with E-state index in [2.05, 4.69) is 31.0 Å². The molecule has 0 radical (unpaired) electrons. The first-order valence-electron chi connectivity index (χ1n) is 6.54. The van der Waals surface area contributed by atoms with Crippen LogP contribution in [0.15, 0.2) is 28.7 Å². The largest absolute Gasteiger partial charge is 0.462 e. The van der Waals surface area contributed by atoms with E-state index in [4.69, 9.17) is 0 Å². The Labute approximate surface area is 147 Å². The van der Waals surface area contributed by atoms with E-state index in [1.807, 2.05) is 0 Å². The number of amides is 1. The summed E-state index contributed by atoms with van der Waals surface area (Å²) in [5.74, 6) is -1.77. The summed E-state index contributed by atoms with van der Waals surface area (Å²) in [5.41, 5.74) is -1.14. The fourth-order valence-electron chi connectivity index (χ4n) is 1.67. The molecule has 128 valence electrons. The minimum absolute atomic E-state index is 0.0748. The molecule has 0 bridgehead atoms. The number of halogens is 4. The predicted octanol–water partition coefficient (Wildman–Crippen LogP) is 4.35. The van der Waals surface area contributed by atoms with Crippen molar-refractivity contribution in [2.24, 2.45) is 0 Å². The van der Waals surface area contributed by atoms with E-state index in [0.29, 0.717) is 11.3 Å². The number of ether oxygens (including phenoxy) is 1. The molecule has 1 N–H and O–H groups in total. The second-order valence-corrected chi connectivity index (χ2v) is 6.29. The van der Waals surface area contributed by atoms with Gasteiger partial charge in [0.2, 0.25) is 0 Å². The zero-order chi connectivity index (χ0) is 17.9. The molecule has 2 aromatic rings. The lowest BCUT2D eigenvalue weighted by Crippen LogP contribution is -2.14. The van der Waals surface area contributed by atoms with Gasteiger partial charge in [-0.1, -0.05) is 27.3 Å². The number of nitrogens with one attached hydrogen (secondary N) is 1. The molecule has 1 amide bonds. The summed E-state index contributed by atoms with van der Waals surface area (Å²) >= 11 is 3.62. The highest BCUT2D eigenvalue weighted by Gasteiger charge is 2.40. The summed E-state index contributed by atoms with van der Waals surface area (Å²) in [6, 6.07) is 6.21. The number of aromatic nitrogens is 1. The zero-order valence-corrected chi connectivity index (χ0v) is 14.5. The van der Waals surface area contributed by atoms with E-state index >= 15 is 0 Å². The molecule has 0 atom stereocenters. The van der Waals surface area contributed by atoms with Crippen molar-refractivity contribution < 1.29 is 27.5 Å². The van der Waals surface area contributed by atoms with E-state index in [1.54, 1.807) is 12.1 Å². The number of esters is 1. The third-order valence-electron chi connectivity index (χ3n) is 2.68. The summed E-state index contributed by atoms with van der Waals surface area (Å²) in [7, 11) is 0. The maximum atomic E-state index is 13.0. The number of anilines is 1. The summed E-state index contributed by atoms with van der Waals surface area (Å²) in [4.78, 5) is 26.3. The van der Waals surface area contributed by atoms with Crippen LogP contribution >= 0.6 is 27.3 Å². The van der Waals surface area contributed by atoms with Crippen molar-refractivity contribution in [3.8, 4) is 0 Å². The zero-order valence-electron chi connectivity index (χ0n) is 12.1. The molecule has 0 saturated carbocycles. The van der Waals surface area contributed by atoms with Crippen LogP contribution in [-0.4, -0.2) is 23.5 Å². The van der Waals surface area contributed by atoms with E-state index in [0.717, 1.165) is 4.47 Å². The molecular weight excluding hydrogens is 413 g/mol. The Hall–Kier alpha value is -1.94. The van der Waals surface area contributed by atoms with Crippen molar-refractivity contribution in [1.29, 1.82) is 0 Å². The molecule has 5 nitrogen and oxygen atoms in total. The molecule has 10 heteroatoms. The number of carbonyl (C=O) groups excluding carboxylic acids is 2. The highest BCUT2D eigenvalue weighted by molar-refractivity contribution is 9.10. The molecule has 2 rings (SSSR count). The minimum Gasteiger partial charge on any atom is -0.462 e. The van der Waals surface area contributed by atoms with Gasteiger partial charge in [0, 0.05) is 10.0 Å². The SMILES string of the molecule is CCOC(=O)c1sc(NC(=O)c2ccc(Br)cc2)nc1C(F)(F)F. The fourth-order valence-corrected chi connectivity index (χ4v) is 2.81. The molecule has 0 fully saturated rings. The van der Waals surface area contributed by atoms with Crippen LogP contribution in [0.5, 0.6) is 0 Å². The Morgan fingerprint density at radius 1 is 1.29 bits per heavy atom. The number of alkyl halides is 3. The molecule has 1 aromatic heterocycles. The molecule has 0 spiro atoms. The van der Waals surface area contributed by atoms with Crippen molar-refractivity contribution >= 4 is 44.3 Å². The Bertz CT molecular complexity index is 760. The van der Waals surface area contributed by atoms with E-state index in [1.165, 1.54) is 19.1 Å². The van der Waals surface area contributed by atoms with E-state index < -0.39 is 28.6 Å². The second-order valence-electron chi connectivity index (χ2n) is 4.38. The lowest BCUT2D eigenvalue weighted by atomic mass is 10.2. The number of carbonyl (C=O) groups is 2. The van der Waals surface area contributed by atoms with Gasteiger partial charge >= 0.3 is 12.1 Å². The quantitative estimate of drug-likeness (QED) is 0.743. The average Bonchev–Trinajstić information content (AvgIpc) is 2.92. The standard InChI is InChI=1S/C14H10BrF3N2O3S/c1-2-23-12(22)9-10(14(16,17)18)19-13(24-9)20-11(21)7-3-5-8(15)6-4-7/h3-6H,2H2,1H3,(H,19,20,21). The molecule has 1 heterocycles. The molecule has 24 heavy (non-hydrogen) atoms. The molecule has 0 saturated heterocycles. The normalized spacial score (nSPS) is 11.2. The molecule has 1 aromatic carbocycles. The van der Waals surface area contributed by atoms with Gasteiger partial charge in [-0.25, -0.2) is 9.78 Å². The van der Waals surface area contributed by atoms with Gasteiger partial charge in [-0.2, -0.15) is 13.2 Å². The van der Waals surface area contributed by atoms with Crippen LogP contribution in [-0.2, 0) is 10.9 Å². The Balaban J connectivity index is 2.29. The van der Waals surface area contributed by atoms with Crippen LogP contribution in [0.4, 0.5) is 18.3 Å². The first-order chi connectivity index (χ1) is 11.2. The van der Waals surface area contributed by atoms with Gasteiger partial charge in [-0.05, 0) is 31.2 Å². The summed E-state index contributed by atoms with van der Waals surface area (Å²) in [5, 5.41) is 1.92. The van der Waals surface area contributed by atoms with Crippen LogP contribution in [0, 0.1) is 0 Å². The molecule has 0 unspecified atom stereocenters. The van der Waals surface area contributed by atoms with Gasteiger partial charge < -0.3 is 4.74 Å².